The SMILES string of the molecule is CC(=NO)c1ccc(C)cc1OCc1ccncc1Cl. The molecule has 0 aliphatic heterocycles. The smallest absolute Gasteiger partial charge is 0.129 e. The van der Waals surface area contributed by atoms with Crippen LogP contribution < -0.4 is 4.74 Å². The van der Waals surface area contributed by atoms with Crippen LogP contribution in [-0.2, 0) is 6.61 Å². The third kappa shape index (κ3) is 3.27. The molecule has 0 bridgehead atoms. The van der Waals surface area contributed by atoms with Crippen molar-refractivity contribution in [3.63, 3.8) is 0 Å². The number of hydrogen-bond donors (Lipinski definition) is 1. The van der Waals surface area contributed by atoms with Crippen molar-refractivity contribution in [3.05, 3.63) is 58.4 Å². The molecule has 1 aromatic carbocycles. The van der Waals surface area contributed by atoms with E-state index in [0.29, 0.717) is 23.1 Å². The molecule has 0 atom stereocenters. The molecule has 1 aromatic heterocycles. The molecule has 0 spiro atoms. The minimum Gasteiger partial charge on any atom is -0.488 e. The van der Waals surface area contributed by atoms with Gasteiger partial charge >= 0.3 is 0 Å². The Morgan fingerprint density at radius 2 is 2.20 bits per heavy atom. The number of nitrogens with zero attached hydrogens (tertiary/aromatic N) is 2. The molecule has 0 unspecified atom stereocenters. The molecule has 2 rings (SSSR count). The highest BCUT2D eigenvalue weighted by molar-refractivity contribution is 6.31. The molecule has 0 aliphatic carbocycles. The molecule has 1 N–H and O–H groups in total. The molecule has 0 radical (unpaired) electrons. The van der Waals surface area contributed by atoms with Gasteiger partial charge in [0.1, 0.15) is 12.4 Å². The minimum absolute atomic E-state index is 0.330. The van der Waals surface area contributed by atoms with E-state index in [1.807, 2.05) is 31.2 Å². The van der Waals surface area contributed by atoms with Crippen LogP contribution in [0.3, 0.4) is 0 Å². The van der Waals surface area contributed by atoms with Gasteiger partial charge in [-0.3, -0.25) is 4.98 Å². The van der Waals surface area contributed by atoms with Crippen LogP contribution >= 0.6 is 11.6 Å². The molecule has 5 heteroatoms. The second-order valence-corrected chi connectivity index (χ2v) is 4.85. The van der Waals surface area contributed by atoms with Crippen LogP contribution in [0, 0.1) is 6.92 Å². The van der Waals surface area contributed by atoms with Crippen LogP contribution in [0.4, 0.5) is 0 Å². The highest BCUT2D eigenvalue weighted by atomic mass is 35.5. The van der Waals surface area contributed by atoms with E-state index in [1.54, 1.807) is 19.3 Å². The normalized spacial score (nSPS) is 11.4. The second kappa shape index (κ2) is 6.39. The van der Waals surface area contributed by atoms with Gasteiger partial charge < -0.3 is 9.94 Å². The van der Waals surface area contributed by atoms with Crippen LogP contribution in [0.1, 0.15) is 23.6 Å². The molecule has 0 amide bonds. The largest absolute Gasteiger partial charge is 0.488 e. The molecule has 104 valence electrons. The third-order valence-electron chi connectivity index (χ3n) is 2.92. The van der Waals surface area contributed by atoms with Gasteiger partial charge in [-0.05, 0) is 37.6 Å². The highest BCUT2D eigenvalue weighted by Crippen LogP contribution is 2.23. The van der Waals surface area contributed by atoms with Crippen molar-refractivity contribution in [2.45, 2.75) is 20.5 Å². The van der Waals surface area contributed by atoms with Gasteiger partial charge in [-0.1, -0.05) is 22.8 Å². The van der Waals surface area contributed by atoms with Crippen molar-refractivity contribution in [2.75, 3.05) is 0 Å². The fourth-order valence-electron chi connectivity index (χ4n) is 1.78. The topological polar surface area (TPSA) is 54.7 Å². The fraction of sp³-hybridized carbons (Fsp3) is 0.200. The molecule has 0 fully saturated rings. The first-order valence-electron chi connectivity index (χ1n) is 6.12. The van der Waals surface area contributed by atoms with Gasteiger partial charge in [-0.2, -0.15) is 0 Å². The quantitative estimate of drug-likeness (QED) is 0.529. The van der Waals surface area contributed by atoms with Crippen molar-refractivity contribution in [3.8, 4) is 5.75 Å². The Labute approximate surface area is 122 Å². The average Bonchev–Trinajstić information content (AvgIpc) is 2.46. The standard InChI is InChI=1S/C15H15ClN2O2/c1-10-3-4-13(11(2)18-19)15(7-10)20-9-12-5-6-17-8-14(12)16/h3-8,19H,9H2,1-2H3. The Kier molecular flexibility index (Phi) is 4.58. The second-order valence-electron chi connectivity index (χ2n) is 4.44. The average molecular weight is 291 g/mol. The zero-order valence-corrected chi connectivity index (χ0v) is 12.1. The minimum atomic E-state index is 0.330. The Bertz CT molecular complexity index is 642. The summed E-state index contributed by atoms with van der Waals surface area (Å²) in [4.78, 5) is 3.93. The molecular weight excluding hydrogens is 276 g/mol. The molecule has 4 nitrogen and oxygen atoms in total. The number of oxime groups is 1. The zero-order valence-electron chi connectivity index (χ0n) is 11.3. The predicted octanol–water partition coefficient (Wildman–Crippen LogP) is 3.82. The molecule has 0 saturated carbocycles. The Hall–Kier alpha value is -2.07. The number of ether oxygens (including phenoxy) is 1. The van der Waals surface area contributed by atoms with Crippen molar-refractivity contribution in [2.24, 2.45) is 5.16 Å². The predicted molar refractivity (Wildman–Crippen MR) is 78.8 cm³/mol. The van der Waals surface area contributed by atoms with Gasteiger partial charge in [0.2, 0.25) is 0 Å². The zero-order chi connectivity index (χ0) is 14.5. The fourth-order valence-corrected chi connectivity index (χ4v) is 1.95. The number of benzene rings is 1. The van der Waals surface area contributed by atoms with Crippen LogP contribution in [0.15, 0.2) is 41.8 Å². The van der Waals surface area contributed by atoms with E-state index in [4.69, 9.17) is 21.5 Å². The Morgan fingerprint density at radius 3 is 2.90 bits per heavy atom. The lowest BCUT2D eigenvalue weighted by Crippen LogP contribution is -2.03. The summed E-state index contributed by atoms with van der Waals surface area (Å²) < 4.78 is 5.80. The van der Waals surface area contributed by atoms with Gasteiger partial charge in [0.25, 0.3) is 0 Å². The first kappa shape index (κ1) is 14.3. The summed E-state index contributed by atoms with van der Waals surface area (Å²) >= 11 is 6.05. The maximum Gasteiger partial charge on any atom is 0.129 e. The van der Waals surface area contributed by atoms with Crippen molar-refractivity contribution in [1.29, 1.82) is 0 Å². The van der Waals surface area contributed by atoms with E-state index in [-0.39, 0.29) is 0 Å². The lowest BCUT2D eigenvalue weighted by atomic mass is 10.1. The maximum absolute atomic E-state index is 8.91. The number of pyridine rings is 1. The maximum atomic E-state index is 8.91. The van der Waals surface area contributed by atoms with E-state index < -0.39 is 0 Å². The number of aromatic nitrogens is 1. The molecule has 0 saturated heterocycles. The number of aryl methyl sites for hydroxylation is 1. The molecule has 0 aliphatic rings. The van der Waals surface area contributed by atoms with Crippen LogP contribution in [0.5, 0.6) is 5.75 Å². The van der Waals surface area contributed by atoms with Gasteiger partial charge in [0.15, 0.2) is 0 Å². The van der Waals surface area contributed by atoms with E-state index >= 15 is 0 Å². The molecule has 20 heavy (non-hydrogen) atoms. The van der Waals surface area contributed by atoms with Crippen molar-refractivity contribution >= 4 is 17.3 Å². The summed E-state index contributed by atoms with van der Waals surface area (Å²) in [6, 6.07) is 7.52. The Morgan fingerprint density at radius 1 is 1.40 bits per heavy atom. The summed E-state index contributed by atoms with van der Waals surface area (Å²) in [6.07, 6.45) is 3.25. The monoisotopic (exact) mass is 290 g/mol. The van der Waals surface area contributed by atoms with Crippen molar-refractivity contribution < 1.29 is 9.94 Å². The van der Waals surface area contributed by atoms with Gasteiger partial charge in [-0.15, -0.1) is 0 Å². The van der Waals surface area contributed by atoms with Crippen molar-refractivity contribution in [1.82, 2.24) is 4.98 Å². The summed E-state index contributed by atoms with van der Waals surface area (Å²) in [5.41, 5.74) is 3.17. The lowest BCUT2D eigenvalue weighted by Gasteiger charge is -2.12. The summed E-state index contributed by atoms with van der Waals surface area (Å²) in [6.45, 7) is 4.02. The first-order valence-corrected chi connectivity index (χ1v) is 6.50. The third-order valence-corrected chi connectivity index (χ3v) is 3.26. The summed E-state index contributed by atoms with van der Waals surface area (Å²) in [5.74, 6) is 0.660. The van der Waals surface area contributed by atoms with Crippen LogP contribution in [0.25, 0.3) is 0 Å². The van der Waals surface area contributed by atoms with Crippen LogP contribution in [0.2, 0.25) is 5.02 Å². The lowest BCUT2D eigenvalue weighted by molar-refractivity contribution is 0.303. The van der Waals surface area contributed by atoms with Gasteiger partial charge in [-0.25, -0.2) is 0 Å². The summed E-state index contributed by atoms with van der Waals surface area (Å²) in [7, 11) is 0. The van der Waals surface area contributed by atoms with E-state index in [0.717, 1.165) is 16.7 Å². The van der Waals surface area contributed by atoms with E-state index in [2.05, 4.69) is 10.1 Å². The molecule has 1 heterocycles. The highest BCUT2D eigenvalue weighted by Gasteiger charge is 2.09. The number of halogens is 1. The molecule has 2 aromatic rings. The van der Waals surface area contributed by atoms with Crippen LogP contribution in [-0.4, -0.2) is 15.9 Å². The van der Waals surface area contributed by atoms with E-state index in [9.17, 15) is 0 Å². The number of hydrogen-bond acceptors (Lipinski definition) is 4. The van der Waals surface area contributed by atoms with Gasteiger partial charge in [0, 0.05) is 23.5 Å². The van der Waals surface area contributed by atoms with E-state index in [1.165, 1.54) is 0 Å². The van der Waals surface area contributed by atoms with Gasteiger partial charge in [0.05, 0.1) is 10.7 Å². The summed E-state index contributed by atoms with van der Waals surface area (Å²) in [5, 5.41) is 12.7. The Balaban J connectivity index is 2.25. The first-order chi connectivity index (χ1) is 9.61. The number of rotatable bonds is 4. The molecular formula is C15H15ClN2O2.